The quantitative estimate of drug-likeness (QED) is 0.551. The van der Waals surface area contributed by atoms with Crippen LogP contribution in [0.25, 0.3) is 11.2 Å². The number of ether oxygens (including phenoxy) is 3. The summed E-state index contributed by atoms with van der Waals surface area (Å²) in [5, 5.41) is 0. The summed E-state index contributed by atoms with van der Waals surface area (Å²) in [6.45, 7) is 4.67. The fourth-order valence-electron chi connectivity index (χ4n) is 4.94. The molecule has 33 heavy (non-hydrogen) atoms. The first-order chi connectivity index (χ1) is 15.5. The van der Waals surface area contributed by atoms with Gasteiger partial charge >= 0.3 is 0 Å². The molecular formula is C20H30N6O6S. The molecule has 3 fully saturated rings. The van der Waals surface area contributed by atoms with Crippen molar-refractivity contribution in [2.45, 2.75) is 63.1 Å². The smallest absolute Gasteiger partial charge is 0.264 e. The Kier molecular flexibility index (Phi) is 5.61. The van der Waals surface area contributed by atoms with Crippen molar-refractivity contribution in [2.75, 3.05) is 32.2 Å². The molecule has 182 valence electrons. The standard InChI is InChI=1S/C20H30N6O6S/c1-20(2)31-15-13(7-25(3)12-5-11(6-12)8-29-33(4,27)28)30-19(16(15)32-20)26-10-24-14-17(21)22-9-23-18(14)26/h9-13,15-16,19H,5-8H2,1-4H3,(H2,21,22,23)/t11?,12?,13-,15-,16-,19-/m1/s1. The molecule has 2 N–H and O–H groups in total. The summed E-state index contributed by atoms with van der Waals surface area (Å²) in [4.78, 5) is 15.0. The predicted octanol–water partition coefficient (Wildman–Crippen LogP) is 0.513. The molecule has 0 bridgehead atoms. The van der Waals surface area contributed by atoms with Gasteiger partial charge in [-0.15, -0.1) is 0 Å². The van der Waals surface area contributed by atoms with Gasteiger partial charge in [-0.25, -0.2) is 15.0 Å². The van der Waals surface area contributed by atoms with E-state index in [0.29, 0.717) is 29.6 Å². The van der Waals surface area contributed by atoms with E-state index < -0.39 is 22.1 Å². The van der Waals surface area contributed by atoms with E-state index in [4.69, 9.17) is 24.1 Å². The fourth-order valence-corrected chi connectivity index (χ4v) is 5.38. The van der Waals surface area contributed by atoms with Gasteiger partial charge in [-0.2, -0.15) is 8.42 Å². The molecule has 2 aliphatic heterocycles. The normalized spacial score (nSPS) is 33.5. The first kappa shape index (κ1) is 22.9. The zero-order valence-electron chi connectivity index (χ0n) is 19.1. The van der Waals surface area contributed by atoms with Crippen LogP contribution in [0.1, 0.15) is 32.9 Å². The van der Waals surface area contributed by atoms with E-state index in [9.17, 15) is 8.42 Å². The van der Waals surface area contributed by atoms with Gasteiger partial charge in [0.1, 0.15) is 30.2 Å². The lowest BCUT2D eigenvalue weighted by Crippen LogP contribution is -2.48. The maximum atomic E-state index is 11.2. The van der Waals surface area contributed by atoms with Crippen molar-refractivity contribution in [3.05, 3.63) is 12.7 Å². The van der Waals surface area contributed by atoms with Crippen LogP contribution in [-0.2, 0) is 28.5 Å². The second kappa shape index (κ2) is 8.10. The number of aromatic nitrogens is 4. The summed E-state index contributed by atoms with van der Waals surface area (Å²) < 4.78 is 48.1. The highest BCUT2D eigenvalue weighted by Gasteiger charge is 2.56. The maximum Gasteiger partial charge on any atom is 0.264 e. The monoisotopic (exact) mass is 482 g/mol. The van der Waals surface area contributed by atoms with Crippen molar-refractivity contribution in [1.29, 1.82) is 0 Å². The molecule has 1 aliphatic carbocycles. The van der Waals surface area contributed by atoms with E-state index in [2.05, 4.69) is 19.9 Å². The molecule has 0 radical (unpaired) electrons. The van der Waals surface area contributed by atoms with E-state index in [0.717, 1.165) is 19.1 Å². The molecule has 2 aromatic rings. The number of nitrogens with two attached hydrogens (primary N) is 1. The van der Waals surface area contributed by atoms with Gasteiger partial charge in [-0.3, -0.25) is 8.75 Å². The van der Waals surface area contributed by atoms with Crippen LogP contribution in [0.5, 0.6) is 0 Å². The Hall–Kier alpha value is -1.90. The highest BCUT2D eigenvalue weighted by atomic mass is 32.2. The molecule has 0 aromatic carbocycles. The average molecular weight is 483 g/mol. The highest BCUT2D eigenvalue weighted by molar-refractivity contribution is 7.85. The summed E-state index contributed by atoms with van der Waals surface area (Å²) in [5.74, 6) is -0.180. The lowest BCUT2D eigenvalue weighted by molar-refractivity contribution is -0.198. The Morgan fingerprint density at radius 3 is 2.70 bits per heavy atom. The second-order valence-corrected chi connectivity index (χ2v) is 11.3. The molecule has 1 saturated carbocycles. The van der Waals surface area contributed by atoms with Gasteiger partial charge in [0.05, 0.1) is 19.2 Å². The minimum absolute atomic E-state index is 0.227. The van der Waals surface area contributed by atoms with Gasteiger partial charge in [0, 0.05) is 12.6 Å². The Morgan fingerprint density at radius 1 is 1.24 bits per heavy atom. The molecule has 0 unspecified atom stereocenters. The Labute approximate surface area is 192 Å². The lowest BCUT2D eigenvalue weighted by atomic mass is 9.80. The van der Waals surface area contributed by atoms with Crippen molar-refractivity contribution in [3.63, 3.8) is 0 Å². The van der Waals surface area contributed by atoms with E-state index >= 15 is 0 Å². The van der Waals surface area contributed by atoms with Crippen molar-refractivity contribution >= 4 is 27.1 Å². The molecule has 4 atom stereocenters. The van der Waals surface area contributed by atoms with Crippen molar-refractivity contribution in [2.24, 2.45) is 5.92 Å². The second-order valence-electron chi connectivity index (χ2n) is 9.63. The summed E-state index contributed by atoms with van der Waals surface area (Å²) in [5.41, 5.74) is 7.06. The van der Waals surface area contributed by atoms with Gasteiger partial charge in [0.25, 0.3) is 10.1 Å². The van der Waals surface area contributed by atoms with Crippen LogP contribution >= 0.6 is 0 Å². The van der Waals surface area contributed by atoms with Gasteiger partial charge in [0.15, 0.2) is 23.5 Å². The zero-order chi connectivity index (χ0) is 23.5. The Balaban J connectivity index is 1.28. The zero-order valence-corrected chi connectivity index (χ0v) is 19.9. The van der Waals surface area contributed by atoms with E-state index in [1.807, 2.05) is 25.5 Å². The summed E-state index contributed by atoms with van der Waals surface area (Å²) in [6.07, 6.45) is 4.61. The van der Waals surface area contributed by atoms with Crippen LogP contribution in [0, 0.1) is 5.92 Å². The number of nitrogens with zero attached hydrogens (tertiary/aromatic N) is 5. The third kappa shape index (κ3) is 4.45. The van der Waals surface area contributed by atoms with Crippen LogP contribution in [0.3, 0.4) is 0 Å². The SMILES string of the molecule is CN(C[C@H]1O[C@@H](n2cnc3c(N)ncnc32)[C@@H]2OC(C)(C)O[C@@H]21)C1CC(COS(C)(=O)=O)C1. The van der Waals surface area contributed by atoms with E-state index in [1.165, 1.54) is 6.33 Å². The topological polar surface area (TPSA) is 144 Å². The fraction of sp³-hybridized carbons (Fsp3) is 0.750. The largest absolute Gasteiger partial charge is 0.382 e. The number of hydrogen-bond donors (Lipinski definition) is 1. The number of fused-ring (bicyclic) bond motifs is 2. The Morgan fingerprint density at radius 2 is 1.97 bits per heavy atom. The van der Waals surface area contributed by atoms with E-state index in [1.54, 1.807) is 6.33 Å². The van der Waals surface area contributed by atoms with Gasteiger partial charge in [0.2, 0.25) is 0 Å². The number of rotatable bonds is 7. The molecule has 4 heterocycles. The molecule has 3 aliphatic rings. The molecule has 12 nitrogen and oxygen atoms in total. The van der Waals surface area contributed by atoms with Crippen LogP contribution in [0.2, 0.25) is 0 Å². The summed E-state index contributed by atoms with van der Waals surface area (Å²) >= 11 is 0. The molecule has 5 rings (SSSR count). The molecular weight excluding hydrogens is 452 g/mol. The van der Waals surface area contributed by atoms with Crippen LogP contribution in [0.4, 0.5) is 5.82 Å². The van der Waals surface area contributed by atoms with Crippen LogP contribution < -0.4 is 5.73 Å². The lowest BCUT2D eigenvalue weighted by Gasteiger charge is -2.42. The molecule has 13 heteroatoms. The number of likely N-dealkylation sites (N-methyl/N-ethyl adjacent to an activating group) is 1. The first-order valence-corrected chi connectivity index (χ1v) is 12.8. The third-order valence-corrected chi connectivity index (χ3v) is 7.17. The number of imidazole rings is 1. The van der Waals surface area contributed by atoms with Crippen molar-refractivity contribution < 1.29 is 26.8 Å². The molecule has 2 aromatic heterocycles. The number of anilines is 1. The number of hydrogen-bond acceptors (Lipinski definition) is 11. The molecule has 0 amide bonds. The third-order valence-electron chi connectivity index (χ3n) is 6.61. The van der Waals surface area contributed by atoms with Crippen molar-refractivity contribution in [3.8, 4) is 0 Å². The average Bonchev–Trinajstić information content (AvgIpc) is 3.32. The summed E-state index contributed by atoms with van der Waals surface area (Å²) in [6, 6.07) is 0.330. The van der Waals surface area contributed by atoms with Gasteiger partial charge in [-0.05, 0) is 39.7 Å². The minimum Gasteiger partial charge on any atom is -0.382 e. The first-order valence-electron chi connectivity index (χ1n) is 11.0. The van der Waals surface area contributed by atoms with Crippen molar-refractivity contribution in [1.82, 2.24) is 24.4 Å². The highest BCUT2D eigenvalue weighted by Crippen LogP contribution is 2.44. The van der Waals surface area contributed by atoms with E-state index in [-0.39, 0.29) is 30.8 Å². The Bertz CT molecular complexity index is 1130. The van der Waals surface area contributed by atoms with Crippen LogP contribution in [0.15, 0.2) is 12.7 Å². The summed E-state index contributed by atoms with van der Waals surface area (Å²) in [7, 11) is -1.36. The number of nitrogen functional groups attached to an aromatic ring is 1. The molecule has 2 saturated heterocycles. The molecule has 0 spiro atoms. The van der Waals surface area contributed by atoms with Gasteiger partial charge in [-0.1, -0.05) is 0 Å². The van der Waals surface area contributed by atoms with Gasteiger partial charge < -0.3 is 24.8 Å². The minimum atomic E-state index is -3.41. The van der Waals surface area contributed by atoms with Crippen LogP contribution in [-0.4, -0.2) is 89.4 Å². The maximum absolute atomic E-state index is 11.2. The predicted molar refractivity (Wildman–Crippen MR) is 117 cm³/mol.